The molecule has 3 aromatic carbocycles. The van der Waals surface area contributed by atoms with Crippen molar-refractivity contribution in [3.63, 3.8) is 0 Å². The van der Waals surface area contributed by atoms with Gasteiger partial charge in [0, 0.05) is 13.1 Å². The van der Waals surface area contributed by atoms with Gasteiger partial charge in [0.15, 0.2) is 5.41 Å². The maximum atomic E-state index is 14.0. The molecule has 0 amide bonds. The van der Waals surface area contributed by atoms with Gasteiger partial charge < -0.3 is 9.47 Å². The third-order valence-electron chi connectivity index (χ3n) is 7.14. The Morgan fingerprint density at radius 3 is 1.98 bits per heavy atom. The molecule has 7 nitrogen and oxygen atoms in total. The minimum atomic E-state index is -3.90. The summed E-state index contributed by atoms with van der Waals surface area (Å²) in [6, 6.07) is 23.5. The zero-order valence-corrected chi connectivity index (χ0v) is 23.9. The Morgan fingerprint density at radius 2 is 1.38 bits per heavy atom. The van der Waals surface area contributed by atoms with Gasteiger partial charge in [-0.1, -0.05) is 78.4 Å². The average molecular weight is 562 g/mol. The van der Waals surface area contributed by atoms with Crippen LogP contribution in [-0.4, -0.2) is 44.4 Å². The number of fused-ring (bicyclic) bond motifs is 1. The molecule has 1 aliphatic rings. The summed E-state index contributed by atoms with van der Waals surface area (Å²) in [6.45, 7) is 5.62. The van der Waals surface area contributed by atoms with Crippen molar-refractivity contribution in [2.75, 3.05) is 19.8 Å². The molecular weight excluding hydrogens is 526 g/mol. The third-order valence-corrected chi connectivity index (χ3v) is 8.94. The predicted octanol–water partition coefficient (Wildman–Crippen LogP) is 5.33. The molecule has 3 aromatic rings. The fraction of sp³-hybridized carbons (Fsp3) is 0.312. The summed E-state index contributed by atoms with van der Waals surface area (Å²) in [5, 5.41) is 0. The minimum Gasteiger partial charge on any atom is -0.465 e. The van der Waals surface area contributed by atoms with Gasteiger partial charge in [0.1, 0.15) is 0 Å². The van der Waals surface area contributed by atoms with Crippen LogP contribution in [0.2, 0.25) is 0 Å². The highest BCUT2D eigenvalue weighted by atomic mass is 32.2. The number of sulfonamides is 1. The molecule has 0 aliphatic carbocycles. The maximum absolute atomic E-state index is 14.0. The predicted molar refractivity (Wildman–Crippen MR) is 154 cm³/mol. The lowest BCUT2D eigenvalue weighted by molar-refractivity contribution is -0.171. The number of allylic oxidation sites excluding steroid dienone is 1. The summed E-state index contributed by atoms with van der Waals surface area (Å²) in [5.74, 6) is -1.31. The second-order valence-corrected chi connectivity index (χ2v) is 11.8. The van der Waals surface area contributed by atoms with E-state index in [1.807, 2.05) is 61.5 Å². The van der Waals surface area contributed by atoms with Crippen LogP contribution in [-0.2, 0) is 42.1 Å². The second kappa shape index (κ2) is 12.6. The fourth-order valence-electron chi connectivity index (χ4n) is 4.90. The van der Waals surface area contributed by atoms with E-state index in [-0.39, 0.29) is 44.0 Å². The van der Waals surface area contributed by atoms with Gasteiger partial charge in [0.2, 0.25) is 10.0 Å². The number of aryl methyl sites for hydroxylation is 1. The lowest BCUT2D eigenvalue weighted by Gasteiger charge is -2.32. The normalized spacial score (nSPS) is 17.1. The largest absolute Gasteiger partial charge is 0.465 e. The SMILES string of the molecule is CCOC(=O)C1(C(=O)OCC)C/C=C(/c2ccccc2)CN(S(=O)(=O)c2ccc(C)cc2)Cc2ccccc2C1. The number of carbonyl (C=O) groups excluding carboxylic acids is 2. The number of ether oxygens (including phenoxy) is 2. The Labute approximate surface area is 236 Å². The van der Waals surface area contributed by atoms with Crippen LogP contribution in [0.1, 0.15) is 42.5 Å². The highest BCUT2D eigenvalue weighted by Crippen LogP contribution is 2.37. The van der Waals surface area contributed by atoms with E-state index >= 15 is 0 Å². The summed E-state index contributed by atoms with van der Waals surface area (Å²) in [4.78, 5) is 27.3. The molecule has 0 atom stereocenters. The monoisotopic (exact) mass is 561 g/mol. The van der Waals surface area contributed by atoms with Gasteiger partial charge in [-0.2, -0.15) is 4.31 Å². The van der Waals surface area contributed by atoms with Crippen molar-refractivity contribution in [3.05, 3.63) is 107 Å². The molecule has 0 aromatic heterocycles. The van der Waals surface area contributed by atoms with Gasteiger partial charge >= 0.3 is 11.9 Å². The first-order chi connectivity index (χ1) is 19.2. The molecular formula is C32H35NO6S. The molecule has 8 heteroatoms. The number of hydrogen-bond donors (Lipinski definition) is 0. The van der Waals surface area contributed by atoms with E-state index < -0.39 is 27.4 Å². The smallest absolute Gasteiger partial charge is 0.324 e. The van der Waals surface area contributed by atoms with Crippen LogP contribution in [0, 0.1) is 12.3 Å². The van der Waals surface area contributed by atoms with Crippen LogP contribution in [0.3, 0.4) is 0 Å². The zero-order chi connectivity index (χ0) is 28.8. The number of benzene rings is 3. The summed E-state index contributed by atoms with van der Waals surface area (Å²) < 4.78 is 40.4. The highest BCUT2D eigenvalue weighted by molar-refractivity contribution is 7.89. The van der Waals surface area contributed by atoms with Crippen LogP contribution in [0.15, 0.2) is 89.8 Å². The molecule has 0 bridgehead atoms. The Morgan fingerprint density at radius 1 is 0.800 bits per heavy atom. The summed E-state index contributed by atoms with van der Waals surface area (Å²) >= 11 is 0. The van der Waals surface area contributed by atoms with Crippen LogP contribution in [0.5, 0.6) is 0 Å². The quantitative estimate of drug-likeness (QED) is 0.286. The number of nitrogens with zero attached hydrogens (tertiary/aromatic N) is 1. The number of carbonyl (C=O) groups is 2. The standard InChI is InChI=1S/C32H35NO6S/c1-4-38-30(34)32(31(35)39-5-2)20-19-28(25-11-7-6-8-12-25)23-33(22-27-14-10-9-13-26(27)21-32)40(36,37)29-17-15-24(3)16-18-29/h6-19H,4-5,20-23H2,1-3H3/b28-19+. The number of hydrogen-bond acceptors (Lipinski definition) is 6. The molecule has 40 heavy (non-hydrogen) atoms. The first-order valence-corrected chi connectivity index (χ1v) is 14.9. The minimum absolute atomic E-state index is 0.0117. The average Bonchev–Trinajstić information content (AvgIpc) is 2.95. The van der Waals surface area contributed by atoms with Gasteiger partial charge in [-0.05, 0) is 68.0 Å². The number of esters is 2. The number of rotatable bonds is 7. The van der Waals surface area contributed by atoms with Gasteiger partial charge in [0.05, 0.1) is 18.1 Å². The summed E-state index contributed by atoms with van der Waals surface area (Å²) in [5.41, 5.74) is 2.19. The molecule has 1 heterocycles. The Balaban J connectivity index is 1.92. The second-order valence-electron chi connectivity index (χ2n) is 9.85. The van der Waals surface area contributed by atoms with Gasteiger partial charge in [0.25, 0.3) is 0 Å². The van der Waals surface area contributed by atoms with Crippen molar-refractivity contribution in [1.29, 1.82) is 0 Å². The molecule has 0 unspecified atom stereocenters. The van der Waals surface area contributed by atoms with Crippen molar-refractivity contribution < 1.29 is 27.5 Å². The van der Waals surface area contributed by atoms with Crippen LogP contribution in [0.4, 0.5) is 0 Å². The molecule has 0 fully saturated rings. The van der Waals surface area contributed by atoms with Crippen LogP contribution in [0.25, 0.3) is 5.57 Å². The van der Waals surface area contributed by atoms with Crippen molar-refractivity contribution >= 4 is 27.5 Å². The van der Waals surface area contributed by atoms with Crippen LogP contribution < -0.4 is 0 Å². The first kappa shape index (κ1) is 29.2. The van der Waals surface area contributed by atoms with Crippen molar-refractivity contribution in [2.24, 2.45) is 5.41 Å². The molecule has 0 spiro atoms. The fourth-order valence-corrected chi connectivity index (χ4v) is 6.30. The Hall–Kier alpha value is -3.75. The first-order valence-electron chi connectivity index (χ1n) is 13.4. The zero-order valence-electron chi connectivity index (χ0n) is 23.1. The van der Waals surface area contributed by atoms with E-state index in [1.54, 1.807) is 44.2 Å². The lowest BCUT2D eigenvalue weighted by Crippen LogP contribution is -2.44. The van der Waals surface area contributed by atoms with E-state index in [0.29, 0.717) is 16.7 Å². The topological polar surface area (TPSA) is 90.0 Å². The summed E-state index contributed by atoms with van der Waals surface area (Å²) in [7, 11) is -3.90. The van der Waals surface area contributed by atoms with Gasteiger partial charge in [-0.3, -0.25) is 9.59 Å². The van der Waals surface area contributed by atoms with E-state index in [4.69, 9.17) is 9.47 Å². The third kappa shape index (κ3) is 6.18. The molecule has 0 saturated heterocycles. The van der Waals surface area contributed by atoms with Crippen LogP contribution >= 0.6 is 0 Å². The molecule has 0 N–H and O–H groups in total. The van der Waals surface area contributed by atoms with E-state index in [1.165, 1.54) is 4.31 Å². The van der Waals surface area contributed by atoms with Gasteiger partial charge in [-0.15, -0.1) is 0 Å². The Kier molecular flexibility index (Phi) is 9.22. The van der Waals surface area contributed by atoms with Gasteiger partial charge in [-0.25, -0.2) is 8.42 Å². The van der Waals surface area contributed by atoms with E-state index in [0.717, 1.165) is 11.1 Å². The molecule has 0 radical (unpaired) electrons. The molecule has 0 saturated carbocycles. The molecule has 210 valence electrons. The molecule has 1 aliphatic heterocycles. The van der Waals surface area contributed by atoms with E-state index in [2.05, 4.69) is 0 Å². The van der Waals surface area contributed by atoms with Crippen molar-refractivity contribution in [3.8, 4) is 0 Å². The highest BCUT2D eigenvalue weighted by Gasteiger charge is 2.49. The lowest BCUT2D eigenvalue weighted by atomic mass is 9.76. The molecule has 4 rings (SSSR count). The summed E-state index contributed by atoms with van der Waals surface area (Å²) in [6.07, 6.45) is 1.79. The van der Waals surface area contributed by atoms with E-state index in [9.17, 15) is 18.0 Å². The Bertz CT molecular complexity index is 1460. The van der Waals surface area contributed by atoms with Crippen molar-refractivity contribution in [1.82, 2.24) is 4.31 Å². The van der Waals surface area contributed by atoms with Crippen molar-refractivity contribution in [2.45, 2.75) is 45.1 Å². The maximum Gasteiger partial charge on any atom is 0.324 e.